The van der Waals surface area contributed by atoms with E-state index in [9.17, 15) is 13.2 Å². The zero-order valence-electron chi connectivity index (χ0n) is 8.07. The van der Waals surface area contributed by atoms with E-state index in [1.54, 1.807) is 0 Å². The van der Waals surface area contributed by atoms with Crippen LogP contribution in [0.15, 0.2) is 0 Å². The largest absolute Gasteiger partial charge is 0.389 e. The van der Waals surface area contributed by atoms with Gasteiger partial charge in [-0.15, -0.1) is 0 Å². The molecule has 0 aromatic rings. The Balaban J connectivity index is 1.89. The van der Waals surface area contributed by atoms with E-state index >= 15 is 0 Å². The molecule has 14 heavy (non-hydrogen) atoms. The highest BCUT2D eigenvalue weighted by Gasteiger charge is 2.26. The van der Waals surface area contributed by atoms with E-state index in [0.717, 1.165) is 19.5 Å². The van der Waals surface area contributed by atoms with E-state index < -0.39 is 12.6 Å². The standard InChI is InChI=1S/C9H16F3NO/c10-9(11,12)3-1-5-14-7-8-2-4-13-6-8/h8,13H,1-7H2. The molecule has 1 rings (SSSR count). The van der Waals surface area contributed by atoms with Crippen LogP contribution in [-0.2, 0) is 4.74 Å². The van der Waals surface area contributed by atoms with E-state index in [0.29, 0.717) is 12.5 Å². The molecule has 1 atom stereocenters. The third-order valence-electron chi connectivity index (χ3n) is 2.26. The van der Waals surface area contributed by atoms with Gasteiger partial charge in [-0.1, -0.05) is 0 Å². The van der Waals surface area contributed by atoms with Gasteiger partial charge >= 0.3 is 6.18 Å². The molecule has 0 aromatic heterocycles. The molecule has 0 aromatic carbocycles. The fourth-order valence-corrected chi connectivity index (χ4v) is 1.48. The van der Waals surface area contributed by atoms with Crippen molar-refractivity contribution in [2.75, 3.05) is 26.3 Å². The first-order valence-corrected chi connectivity index (χ1v) is 4.93. The summed E-state index contributed by atoms with van der Waals surface area (Å²) in [7, 11) is 0. The number of rotatable bonds is 5. The van der Waals surface area contributed by atoms with Crippen molar-refractivity contribution in [2.45, 2.75) is 25.4 Å². The van der Waals surface area contributed by atoms with Crippen LogP contribution in [0.2, 0.25) is 0 Å². The van der Waals surface area contributed by atoms with Crippen LogP contribution in [0.4, 0.5) is 13.2 Å². The van der Waals surface area contributed by atoms with Crippen molar-refractivity contribution in [1.29, 1.82) is 0 Å². The summed E-state index contributed by atoms with van der Waals surface area (Å²) < 4.78 is 40.3. The van der Waals surface area contributed by atoms with E-state index in [4.69, 9.17) is 4.74 Å². The Morgan fingerprint density at radius 2 is 2.14 bits per heavy atom. The smallest absolute Gasteiger partial charge is 0.381 e. The van der Waals surface area contributed by atoms with Gasteiger partial charge in [-0.05, 0) is 25.3 Å². The lowest BCUT2D eigenvalue weighted by Gasteiger charge is -2.10. The molecule has 84 valence electrons. The van der Waals surface area contributed by atoms with Crippen LogP contribution in [-0.4, -0.2) is 32.5 Å². The van der Waals surface area contributed by atoms with Crippen molar-refractivity contribution >= 4 is 0 Å². The molecule has 0 radical (unpaired) electrons. The lowest BCUT2D eigenvalue weighted by molar-refractivity contribution is -0.138. The van der Waals surface area contributed by atoms with Gasteiger partial charge in [-0.2, -0.15) is 13.2 Å². The molecular formula is C9H16F3NO. The van der Waals surface area contributed by atoms with Crippen molar-refractivity contribution < 1.29 is 17.9 Å². The Kier molecular flexibility index (Phi) is 4.68. The zero-order valence-corrected chi connectivity index (χ0v) is 8.07. The van der Waals surface area contributed by atoms with Crippen molar-refractivity contribution in [3.8, 4) is 0 Å². The maximum atomic E-state index is 11.7. The van der Waals surface area contributed by atoms with Gasteiger partial charge in [0.25, 0.3) is 0 Å². The lowest BCUT2D eigenvalue weighted by atomic mass is 10.1. The molecule has 0 amide bonds. The summed E-state index contributed by atoms with van der Waals surface area (Å²) in [5, 5.41) is 3.18. The number of hydrogen-bond acceptors (Lipinski definition) is 2. The molecule has 1 unspecified atom stereocenters. The van der Waals surface area contributed by atoms with Crippen molar-refractivity contribution in [3.05, 3.63) is 0 Å². The maximum absolute atomic E-state index is 11.7. The van der Waals surface area contributed by atoms with Gasteiger partial charge in [-0.3, -0.25) is 0 Å². The fourth-order valence-electron chi connectivity index (χ4n) is 1.48. The normalized spacial score (nSPS) is 22.9. The highest BCUT2D eigenvalue weighted by Crippen LogP contribution is 2.21. The highest BCUT2D eigenvalue weighted by molar-refractivity contribution is 4.70. The van der Waals surface area contributed by atoms with Crippen LogP contribution in [0.1, 0.15) is 19.3 Å². The van der Waals surface area contributed by atoms with Gasteiger partial charge in [-0.25, -0.2) is 0 Å². The maximum Gasteiger partial charge on any atom is 0.389 e. The molecule has 0 spiro atoms. The van der Waals surface area contributed by atoms with Crippen molar-refractivity contribution in [2.24, 2.45) is 5.92 Å². The molecule has 1 N–H and O–H groups in total. The topological polar surface area (TPSA) is 21.3 Å². The number of halogens is 3. The minimum absolute atomic E-state index is 0.0731. The summed E-state index contributed by atoms with van der Waals surface area (Å²) in [4.78, 5) is 0. The second-order valence-electron chi connectivity index (χ2n) is 3.65. The SMILES string of the molecule is FC(F)(F)CCCOCC1CCNC1. The van der Waals surface area contributed by atoms with Crippen molar-refractivity contribution in [3.63, 3.8) is 0 Å². The average Bonchev–Trinajstić information content (AvgIpc) is 2.54. The zero-order chi connectivity index (χ0) is 10.4. The van der Waals surface area contributed by atoms with Gasteiger partial charge in [0.15, 0.2) is 0 Å². The van der Waals surface area contributed by atoms with Crippen LogP contribution in [0.3, 0.4) is 0 Å². The van der Waals surface area contributed by atoms with Crippen LogP contribution < -0.4 is 5.32 Å². The van der Waals surface area contributed by atoms with E-state index in [1.807, 2.05) is 0 Å². The lowest BCUT2D eigenvalue weighted by Crippen LogP contribution is -2.15. The Bertz CT molecular complexity index is 155. The molecular weight excluding hydrogens is 195 g/mol. The summed E-state index contributed by atoms with van der Waals surface area (Å²) in [5.41, 5.74) is 0. The van der Waals surface area contributed by atoms with Crippen LogP contribution in [0.5, 0.6) is 0 Å². The number of nitrogens with one attached hydrogen (secondary N) is 1. The third-order valence-corrected chi connectivity index (χ3v) is 2.26. The van der Waals surface area contributed by atoms with Crippen LogP contribution in [0.25, 0.3) is 0 Å². The summed E-state index contributed by atoms with van der Waals surface area (Å²) in [6.45, 7) is 2.73. The fraction of sp³-hybridized carbons (Fsp3) is 1.00. The van der Waals surface area contributed by atoms with Gasteiger partial charge in [0, 0.05) is 19.6 Å². The molecule has 1 saturated heterocycles. The monoisotopic (exact) mass is 211 g/mol. The summed E-state index contributed by atoms with van der Waals surface area (Å²) >= 11 is 0. The van der Waals surface area contributed by atoms with E-state index in [1.165, 1.54) is 0 Å². The Morgan fingerprint density at radius 3 is 2.71 bits per heavy atom. The molecule has 0 aliphatic carbocycles. The molecule has 5 heteroatoms. The van der Waals surface area contributed by atoms with Gasteiger partial charge in [0.1, 0.15) is 0 Å². The Morgan fingerprint density at radius 1 is 1.36 bits per heavy atom. The average molecular weight is 211 g/mol. The van der Waals surface area contributed by atoms with Gasteiger partial charge < -0.3 is 10.1 Å². The molecule has 0 bridgehead atoms. The summed E-state index contributed by atoms with van der Waals surface area (Å²) in [6.07, 6.45) is -3.64. The summed E-state index contributed by atoms with van der Waals surface area (Å²) in [6, 6.07) is 0. The quantitative estimate of drug-likeness (QED) is 0.702. The first-order valence-electron chi connectivity index (χ1n) is 4.93. The minimum atomic E-state index is -4.04. The van der Waals surface area contributed by atoms with Gasteiger partial charge in [0.05, 0.1) is 6.61 Å². The Labute approximate surface area is 81.8 Å². The third kappa shape index (κ3) is 5.44. The second-order valence-corrected chi connectivity index (χ2v) is 3.65. The minimum Gasteiger partial charge on any atom is -0.381 e. The Hall–Kier alpha value is -0.290. The molecule has 2 nitrogen and oxygen atoms in total. The van der Waals surface area contributed by atoms with Crippen LogP contribution >= 0.6 is 0 Å². The summed E-state index contributed by atoms with van der Waals surface area (Å²) in [5.74, 6) is 0.487. The number of alkyl halides is 3. The molecule has 1 heterocycles. The van der Waals surface area contributed by atoms with E-state index in [-0.39, 0.29) is 13.0 Å². The number of ether oxygens (including phenoxy) is 1. The van der Waals surface area contributed by atoms with E-state index in [2.05, 4.69) is 5.32 Å². The van der Waals surface area contributed by atoms with Crippen LogP contribution in [0, 0.1) is 5.92 Å². The molecule has 1 fully saturated rings. The predicted octanol–water partition coefficient (Wildman–Crippen LogP) is 1.95. The second kappa shape index (κ2) is 5.56. The van der Waals surface area contributed by atoms with Crippen molar-refractivity contribution in [1.82, 2.24) is 5.32 Å². The molecule has 1 aliphatic heterocycles. The molecule has 1 aliphatic rings. The van der Waals surface area contributed by atoms with Gasteiger partial charge in [0.2, 0.25) is 0 Å². The predicted molar refractivity (Wildman–Crippen MR) is 47.1 cm³/mol. The first kappa shape index (κ1) is 11.8. The molecule has 0 saturated carbocycles. The number of hydrogen-bond donors (Lipinski definition) is 1. The first-order chi connectivity index (χ1) is 6.58. The highest BCUT2D eigenvalue weighted by atomic mass is 19.4.